The number of nitrogens with two attached hydrogens (primary N) is 1. The van der Waals surface area contributed by atoms with Crippen molar-refractivity contribution in [2.24, 2.45) is 0 Å². The summed E-state index contributed by atoms with van der Waals surface area (Å²) in [5.41, 5.74) is 8.78. The summed E-state index contributed by atoms with van der Waals surface area (Å²) >= 11 is 0. The van der Waals surface area contributed by atoms with Crippen LogP contribution in [0.3, 0.4) is 0 Å². The van der Waals surface area contributed by atoms with Crippen molar-refractivity contribution in [2.75, 3.05) is 5.73 Å². The SMILES string of the molecule is CCCCCCCC(=O)NCc1cccc(N)c1C. The predicted octanol–water partition coefficient (Wildman–Crippen LogP) is 3.55. The van der Waals surface area contributed by atoms with Crippen molar-refractivity contribution in [3.63, 3.8) is 0 Å². The van der Waals surface area contributed by atoms with Crippen molar-refractivity contribution in [3.8, 4) is 0 Å². The van der Waals surface area contributed by atoms with Crippen LogP contribution in [0.2, 0.25) is 0 Å². The highest BCUT2D eigenvalue weighted by molar-refractivity contribution is 5.75. The summed E-state index contributed by atoms with van der Waals surface area (Å²) in [7, 11) is 0. The van der Waals surface area contributed by atoms with Gasteiger partial charge in [0.25, 0.3) is 0 Å². The van der Waals surface area contributed by atoms with Crippen molar-refractivity contribution in [1.82, 2.24) is 5.32 Å². The van der Waals surface area contributed by atoms with E-state index in [-0.39, 0.29) is 5.91 Å². The lowest BCUT2D eigenvalue weighted by atomic mass is 10.1. The molecule has 0 saturated heterocycles. The first-order chi connectivity index (χ1) is 9.15. The largest absolute Gasteiger partial charge is 0.399 e. The van der Waals surface area contributed by atoms with E-state index < -0.39 is 0 Å². The fourth-order valence-corrected chi connectivity index (χ4v) is 2.07. The summed E-state index contributed by atoms with van der Waals surface area (Å²) < 4.78 is 0. The van der Waals surface area contributed by atoms with Gasteiger partial charge in [0.15, 0.2) is 0 Å². The zero-order chi connectivity index (χ0) is 14.1. The Hall–Kier alpha value is -1.51. The Labute approximate surface area is 116 Å². The van der Waals surface area contributed by atoms with Crippen LogP contribution in [0.4, 0.5) is 5.69 Å². The van der Waals surface area contributed by atoms with Gasteiger partial charge in [0.05, 0.1) is 0 Å². The number of anilines is 1. The molecule has 0 saturated carbocycles. The van der Waals surface area contributed by atoms with Gasteiger partial charge in [0, 0.05) is 18.7 Å². The molecule has 0 radical (unpaired) electrons. The van der Waals surface area contributed by atoms with Crippen LogP contribution in [0.5, 0.6) is 0 Å². The van der Waals surface area contributed by atoms with Crippen LogP contribution in [0, 0.1) is 6.92 Å². The smallest absolute Gasteiger partial charge is 0.220 e. The van der Waals surface area contributed by atoms with Crippen LogP contribution < -0.4 is 11.1 Å². The van der Waals surface area contributed by atoms with Crippen molar-refractivity contribution in [2.45, 2.75) is 58.9 Å². The highest BCUT2D eigenvalue weighted by Crippen LogP contribution is 2.15. The van der Waals surface area contributed by atoms with Crippen LogP contribution in [-0.4, -0.2) is 5.91 Å². The average Bonchev–Trinajstić information content (AvgIpc) is 2.40. The summed E-state index contributed by atoms with van der Waals surface area (Å²) in [5, 5.41) is 2.96. The molecule has 0 aliphatic rings. The van der Waals surface area contributed by atoms with Crippen LogP contribution in [0.15, 0.2) is 18.2 Å². The van der Waals surface area contributed by atoms with Crippen molar-refractivity contribution >= 4 is 11.6 Å². The van der Waals surface area contributed by atoms with Crippen molar-refractivity contribution in [3.05, 3.63) is 29.3 Å². The second kappa shape index (κ2) is 8.57. The second-order valence-corrected chi connectivity index (χ2v) is 5.07. The second-order valence-electron chi connectivity index (χ2n) is 5.07. The molecule has 3 N–H and O–H groups in total. The highest BCUT2D eigenvalue weighted by atomic mass is 16.1. The van der Waals surface area contributed by atoms with Crippen molar-refractivity contribution in [1.29, 1.82) is 0 Å². The maximum atomic E-state index is 11.7. The van der Waals surface area contributed by atoms with Gasteiger partial charge in [-0.15, -0.1) is 0 Å². The molecule has 1 rings (SSSR count). The lowest BCUT2D eigenvalue weighted by Crippen LogP contribution is -2.22. The summed E-state index contributed by atoms with van der Waals surface area (Å²) in [6.07, 6.45) is 6.51. The van der Waals surface area contributed by atoms with Crippen molar-refractivity contribution < 1.29 is 4.79 Å². The van der Waals surface area contributed by atoms with E-state index in [1.54, 1.807) is 0 Å². The van der Waals surface area contributed by atoms with E-state index in [1.807, 2.05) is 25.1 Å². The summed E-state index contributed by atoms with van der Waals surface area (Å²) in [4.78, 5) is 11.7. The number of nitrogens with one attached hydrogen (secondary N) is 1. The quantitative estimate of drug-likeness (QED) is 0.556. The molecule has 0 spiro atoms. The first-order valence-electron chi connectivity index (χ1n) is 7.25. The molecule has 3 heteroatoms. The number of amides is 1. The van der Waals surface area contributed by atoms with Crippen LogP contribution in [0.1, 0.15) is 56.6 Å². The van der Waals surface area contributed by atoms with E-state index in [2.05, 4.69) is 12.2 Å². The fourth-order valence-electron chi connectivity index (χ4n) is 2.07. The average molecular weight is 262 g/mol. The van der Waals surface area contributed by atoms with Crippen LogP contribution in [0.25, 0.3) is 0 Å². The molecule has 0 aliphatic heterocycles. The molecule has 1 aromatic carbocycles. The molecular formula is C16H26N2O. The lowest BCUT2D eigenvalue weighted by Gasteiger charge is -2.09. The molecule has 3 nitrogen and oxygen atoms in total. The number of nitrogen functional groups attached to an aromatic ring is 1. The fraction of sp³-hybridized carbons (Fsp3) is 0.562. The van der Waals surface area contributed by atoms with Gasteiger partial charge in [-0.05, 0) is 30.5 Å². The molecule has 1 amide bonds. The van der Waals surface area contributed by atoms with Gasteiger partial charge in [-0.25, -0.2) is 0 Å². The zero-order valence-corrected chi connectivity index (χ0v) is 12.2. The van der Waals surface area contributed by atoms with Gasteiger partial charge >= 0.3 is 0 Å². The molecule has 106 valence electrons. The number of hydrogen-bond acceptors (Lipinski definition) is 2. The molecule has 0 fully saturated rings. The van der Waals surface area contributed by atoms with E-state index in [4.69, 9.17) is 5.73 Å². The molecule has 0 aliphatic carbocycles. The van der Waals surface area contributed by atoms with E-state index in [0.29, 0.717) is 13.0 Å². The number of hydrogen-bond donors (Lipinski definition) is 2. The molecule has 19 heavy (non-hydrogen) atoms. The van der Waals surface area contributed by atoms with Gasteiger partial charge in [-0.3, -0.25) is 4.79 Å². The molecule has 1 aromatic rings. The monoisotopic (exact) mass is 262 g/mol. The Morgan fingerprint density at radius 1 is 1.21 bits per heavy atom. The van der Waals surface area contributed by atoms with E-state index in [9.17, 15) is 4.79 Å². The standard InChI is InChI=1S/C16H26N2O/c1-3-4-5-6-7-11-16(19)18-12-14-9-8-10-15(17)13(14)2/h8-10H,3-7,11-12,17H2,1-2H3,(H,18,19). The normalized spacial score (nSPS) is 10.4. The Morgan fingerprint density at radius 3 is 2.68 bits per heavy atom. The van der Waals surface area contributed by atoms with E-state index in [0.717, 1.165) is 29.7 Å². The molecule has 0 bridgehead atoms. The third-order valence-corrected chi connectivity index (χ3v) is 3.47. The molecule has 0 atom stereocenters. The van der Waals surface area contributed by atoms with Gasteiger partial charge in [-0.1, -0.05) is 44.7 Å². The molecule has 0 heterocycles. The minimum absolute atomic E-state index is 0.137. The number of unbranched alkanes of at least 4 members (excludes halogenated alkanes) is 4. The summed E-state index contributed by atoms with van der Waals surface area (Å²) in [6.45, 7) is 4.76. The number of benzene rings is 1. The minimum atomic E-state index is 0.137. The number of carbonyl (C=O) groups is 1. The van der Waals surface area contributed by atoms with Crippen LogP contribution in [-0.2, 0) is 11.3 Å². The molecule has 0 unspecified atom stereocenters. The first kappa shape index (κ1) is 15.5. The Bertz CT molecular complexity index is 402. The third kappa shape index (κ3) is 5.77. The number of carbonyl (C=O) groups excluding carboxylic acids is 1. The Morgan fingerprint density at radius 2 is 1.95 bits per heavy atom. The maximum Gasteiger partial charge on any atom is 0.220 e. The molecule has 0 aromatic heterocycles. The Kier molecular flexibility index (Phi) is 7.01. The number of rotatable bonds is 8. The van der Waals surface area contributed by atoms with Crippen LogP contribution >= 0.6 is 0 Å². The van der Waals surface area contributed by atoms with E-state index in [1.165, 1.54) is 19.3 Å². The lowest BCUT2D eigenvalue weighted by molar-refractivity contribution is -0.121. The highest BCUT2D eigenvalue weighted by Gasteiger charge is 2.04. The van der Waals surface area contributed by atoms with E-state index >= 15 is 0 Å². The molecular weight excluding hydrogens is 236 g/mol. The predicted molar refractivity (Wildman–Crippen MR) is 80.8 cm³/mol. The first-order valence-corrected chi connectivity index (χ1v) is 7.25. The third-order valence-electron chi connectivity index (χ3n) is 3.47. The van der Waals surface area contributed by atoms with Gasteiger partial charge < -0.3 is 11.1 Å². The van der Waals surface area contributed by atoms with Gasteiger partial charge in [-0.2, -0.15) is 0 Å². The zero-order valence-electron chi connectivity index (χ0n) is 12.2. The topological polar surface area (TPSA) is 55.1 Å². The summed E-state index contributed by atoms with van der Waals surface area (Å²) in [6, 6.07) is 5.82. The van der Waals surface area contributed by atoms with Gasteiger partial charge in [0.1, 0.15) is 0 Å². The van der Waals surface area contributed by atoms with Gasteiger partial charge in [0.2, 0.25) is 5.91 Å². The Balaban J connectivity index is 2.24. The summed E-state index contributed by atoms with van der Waals surface area (Å²) in [5.74, 6) is 0.137. The maximum absolute atomic E-state index is 11.7. The minimum Gasteiger partial charge on any atom is -0.399 e.